The zero-order valence-corrected chi connectivity index (χ0v) is 26.9. The molecule has 0 spiro atoms. The topological polar surface area (TPSA) is 74.2 Å². The lowest BCUT2D eigenvalue weighted by atomic mass is 9.62. The summed E-state index contributed by atoms with van der Waals surface area (Å²) >= 11 is 12.3. The number of nitrogens with one attached hydrogen (secondary N) is 2. The Hall–Kier alpha value is -3.18. The van der Waals surface area contributed by atoms with Gasteiger partial charge < -0.3 is 15.4 Å². The highest BCUT2D eigenvalue weighted by atomic mass is 35.5. The van der Waals surface area contributed by atoms with Crippen molar-refractivity contribution in [3.63, 3.8) is 0 Å². The van der Waals surface area contributed by atoms with Gasteiger partial charge in [0.25, 0.3) is 0 Å². The van der Waals surface area contributed by atoms with Crippen LogP contribution < -0.4 is 15.4 Å². The number of methoxy groups -OCH3 is 1. The molecule has 4 rings (SSSR count). The number of carbonyl (C=O) groups excluding carboxylic acids is 1. The molecule has 0 bridgehead atoms. The van der Waals surface area contributed by atoms with Crippen molar-refractivity contribution in [3.8, 4) is 11.8 Å². The number of ether oxygens (including phenoxy) is 1. The van der Waals surface area contributed by atoms with Crippen LogP contribution >= 0.6 is 23.2 Å². The summed E-state index contributed by atoms with van der Waals surface area (Å²) in [5, 5.41) is 17.3. The SMILES string of the molecule is COc1cc(C(C)(C)C)ccc1NC(=O)C1NC(CC(C)(C)C)[C@](C#N)(c2ccc(Cl)cc2F)C1c1cccc(Cl)c1F. The minimum absolute atomic E-state index is 0.0212. The molecule has 0 saturated carbocycles. The molecule has 5 nitrogen and oxygen atoms in total. The van der Waals surface area contributed by atoms with Crippen molar-refractivity contribution < 1.29 is 18.3 Å². The number of hydrogen-bond acceptors (Lipinski definition) is 4. The second-order valence-electron chi connectivity index (χ2n) is 13.3. The third kappa shape index (κ3) is 6.38. The summed E-state index contributed by atoms with van der Waals surface area (Å²) in [4.78, 5) is 14.2. The number of nitriles is 1. The fourth-order valence-electron chi connectivity index (χ4n) is 6.03. The molecule has 1 saturated heterocycles. The van der Waals surface area contributed by atoms with Crippen LogP contribution in [0.15, 0.2) is 54.6 Å². The van der Waals surface area contributed by atoms with Crippen molar-refractivity contribution in [2.45, 2.75) is 76.8 Å². The smallest absolute Gasteiger partial charge is 0.242 e. The fourth-order valence-corrected chi connectivity index (χ4v) is 6.37. The largest absolute Gasteiger partial charge is 0.495 e. The fraction of sp³-hybridized carbons (Fsp3) is 0.412. The van der Waals surface area contributed by atoms with Gasteiger partial charge in [-0.2, -0.15) is 5.26 Å². The van der Waals surface area contributed by atoms with E-state index in [1.807, 2.05) is 32.9 Å². The Labute approximate surface area is 262 Å². The number of hydrogen-bond donors (Lipinski definition) is 2. The van der Waals surface area contributed by atoms with Crippen LogP contribution in [0.1, 0.15) is 70.6 Å². The van der Waals surface area contributed by atoms with E-state index < -0.39 is 41.0 Å². The first-order valence-electron chi connectivity index (χ1n) is 14.1. The standard InChI is InChI=1S/C34H37Cl2F2N3O2/c1-32(2,3)17-27-34(18-39,22-13-12-20(35)16-24(22)37)28(21-9-8-10-23(36)29(21)38)30(41-27)31(42)40-25-14-11-19(33(4,5)6)15-26(25)43-7/h8-16,27-28,30,41H,17H2,1-7H3,(H,40,42)/t27?,28?,30?,34-/m0/s1. The number of benzene rings is 3. The average molecular weight is 629 g/mol. The van der Waals surface area contributed by atoms with E-state index in [9.17, 15) is 10.1 Å². The molecule has 1 aliphatic heterocycles. The highest BCUT2D eigenvalue weighted by Gasteiger charge is 2.61. The van der Waals surface area contributed by atoms with E-state index in [0.29, 0.717) is 17.9 Å². The maximum absolute atomic E-state index is 15.9. The number of halogens is 4. The molecule has 3 aromatic rings. The van der Waals surface area contributed by atoms with Crippen LogP contribution in [0.3, 0.4) is 0 Å². The Morgan fingerprint density at radius 1 is 1.07 bits per heavy atom. The predicted octanol–water partition coefficient (Wildman–Crippen LogP) is 8.54. The van der Waals surface area contributed by atoms with Crippen LogP contribution in [0.25, 0.3) is 0 Å². The molecule has 4 atom stereocenters. The van der Waals surface area contributed by atoms with Crippen LogP contribution in [0, 0.1) is 28.4 Å². The van der Waals surface area contributed by atoms with Crippen molar-refractivity contribution in [2.75, 3.05) is 12.4 Å². The zero-order valence-electron chi connectivity index (χ0n) is 25.4. The number of anilines is 1. The summed E-state index contributed by atoms with van der Waals surface area (Å²) in [6, 6.07) is 14.5. The van der Waals surface area contributed by atoms with Gasteiger partial charge in [-0.3, -0.25) is 4.79 Å². The van der Waals surface area contributed by atoms with E-state index in [0.717, 1.165) is 11.6 Å². The van der Waals surface area contributed by atoms with Crippen LogP contribution in [-0.4, -0.2) is 25.1 Å². The van der Waals surface area contributed by atoms with Gasteiger partial charge in [0, 0.05) is 22.5 Å². The summed E-state index contributed by atoms with van der Waals surface area (Å²) < 4.78 is 37.3. The summed E-state index contributed by atoms with van der Waals surface area (Å²) in [6.07, 6.45) is 0.370. The zero-order chi connectivity index (χ0) is 31.9. The molecule has 2 N–H and O–H groups in total. The Morgan fingerprint density at radius 3 is 2.35 bits per heavy atom. The molecule has 1 heterocycles. The Kier molecular flexibility index (Phi) is 9.19. The number of nitrogens with zero attached hydrogens (tertiary/aromatic N) is 1. The van der Waals surface area contributed by atoms with Crippen LogP contribution in [-0.2, 0) is 15.6 Å². The van der Waals surface area contributed by atoms with Gasteiger partial charge in [0.2, 0.25) is 5.91 Å². The van der Waals surface area contributed by atoms with Gasteiger partial charge in [-0.1, -0.05) is 89.0 Å². The first-order chi connectivity index (χ1) is 20.0. The van der Waals surface area contributed by atoms with E-state index in [2.05, 4.69) is 37.5 Å². The minimum Gasteiger partial charge on any atom is -0.495 e. The van der Waals surface area contributed by atoms with Crippen molar-refractivity contribution >= 4 is 34.8 Å². The summed E-state index contributed by atoms with van der Waals surface area (Å²) in [7, 11) is 1.51. The minimum atomic E-state index is -1.71. The molecule has 3 unspecified atom stereocenters. The van der Waals surface area contributed by atoms with Crippen LogP contribution in [0.4, 0.5) is 14.5 Å². The summed E-state index contributed by atoms with van der Waals surface area (Å²) in [5.41, 5.74) is -0.755. The third-order valence-electron chi connectivity index (χ3n) is 8.06. The van der Waals surface area contributed by atoms with Crippen molar-refractivity contribution in [1.29, 1.82) is 5.26 Å². The first-order valence-corrected chi connectivity index (χ1v) is 14.8. The van der Waals surface area contributed by atoms with Gasteiger partial charge in [-0.05, 0) is 58.7 Å². The summed E-state index contributed by atoms with van der Waals surface area (Å²) in [5.74, 6) is -2.74. The Morgan fingerprint density at radius 2 is 1.77 bits per heavy atom. The maximum atomic E-state index is 15.9. The summed E-state index contributed by atoms with van der Waals surface area (Å²) in [6.45, 7) is 12.2. The van der Waals surface area contributed by atoms with Crippen molar-refractivity contribution in [1.82, 2.24) is 5.32 Å². The maximum Gasteiger partial charge on any atom is 0.242 e. The van der Waals surface area contributed by atoms with Crippen LogP contribution in [0.2, 0.25) is 10.0 Å². The highest BCUT2D eigenvalue weighted by Crippen LogP contribution is 2.53. The van der Waals surface area contributed by atoms with E-state index in [1.165, 1.54) is 31.4 Å². The Balaban J connectivity index is 1.94. The monoisotopic (exact) mass is 627 g/mol. The van der Waals surface area contributed by atoms with Gasteiger partial charge >= 0.3 is 0 Å². The van der Waals surface area contributed by atoms with E-state index in [1.54, 1.807) is 12.1 Å². The third-order valence-corrected chi connectivity index (χ3v) is 8.58. The predicted molar refractivity (Wildman–Crippen MR) is 168 cm³/mol. The number of carbonyl (C=O) groups is 1. The number of rotatable bonds is 6. The van der Waals surface area contributed by atoms with Crippen molar-refractivity contribution in [2.24, 2.45) is 5.41 Å². The highest BCUT2D eigenvalue weighted by molar-refractivity contribution is 6.31. The second kappa shape index (κ2) is 12.1. The molecular formula is C34H37Cl2F2N3O2. The normalized spacial score (nSPS) is 22.2. The molecule has 0 radical (unpaired) electrons. The Bertz CT molecular complexity index is 1580. The lowest BCUT2D eigenvalue weighted by molar-refractivity contribution is -0.118. The first kappa shape index (κ1) is 32.7. The molecule has 3 aromatic carbocycles. The van der Waals surface area contributed by atoms with Gasteiger partial charge in [-0.15, -0.1) is 0 Å². The lowest BCUT2D eigenvalue weighted by Crippen LogP contribution is -2.45. The van der Waals surface area contributed by atoms with Gasteiger partial charge in [-0.25, -0.2) is 8.78 Å². The second-order valence-corrected chi connectivity index (χ2v) is 14.2. The quantitative estimate of drug-likeness (QED) is 0.287. The van der Waals surface area contributed by atoms with Gasteiger partial charge in [0.05, 0.1) is 29.9 Å². The van der Waals surface area contributed by atoms with Crippen LogP contribution in [0.5, 0.6) is 5.75 Å². The molecule has 0 aromatic heterocycles. The van der Waals surface area contributed by atoms with Gasteiger partial charge in [0.1, 0.15) is 22.8 Å². The number of amides is 1. The molecule has 228 valence electrons. The average Bonchev–Trinajstić information content (AvgIpc) is 3.22. The van der Waals surface area contributed by atoms with E-state index in [4.69, 9.17) is 27.9 Å². The van der Waals surface area contributed by atoms with E-state index in [-0.39, 0.29) is 32.0 Å². The van der Waals surface area contributed by atoms with Crippen molar-refractivity contribution in [3.05, 3.63) is 93.0 Å². The van der Waals surface area contributed by atoms with E-state index >= 15 is 8.78 Å². The molecule has 1 amide bonds. The lowest BCUT2D eigenvalue weighted by Gasteiger charge is -2.37. The molecule has 43 heavy (non-hydrogen) atoms. The molecule has 0 aliphatic carbocycles. The molecular weight excluding hydrogens is 591 g/mol. The molecule has 9 heteroatoms. The molecule has 1 aliphatic rings. The molecule has 1 fully saturated rings. The van der Waals surface area contributed by atoms with Gasteiger partial charge in [0.15, 0.2) is 0 Å².